The Bertz CT molecular complexity index is 1030. The topological polar surface area (TPSA) is 117 Å². The molecular weight excluding hydrogens is 534 g/mol. The van der Waals surface area contributed by atoms with Gasteiger partial charge < -0.3 is 18.9 Å². The number of carbonyl (C=O) groups is 4. The monoisotopic (exact) mass is 579 g/mol. The quantitative estimate of drug-likeness (QED) is 0.207. The minimum absolute atomic E-state index is 0.00757. The van der Waals surface area contributed by atoms with Gasteiger partial charge in [-0.15, -0.1) is 0 Å². The molecule has 0 aromatic heterocycles. The van der Waals surface area contributed by atoms with Crippen LogP contribution in [0.4, 0.5) is 0 Å². The van der Waals surface area contributed by atoms with E-state index >= 15 is 0 Å². The lowest BCUT2D eigenvalue weighted by Gasteiger charge is -2.60. The summed E-state index contributed by atoms with van der Waals surface area (Å²) in [6, 6.07) is -1.02. The van der Waals surface area contributed by atoms with E-state index in [2.05, 4.69) is 25.7 Å². The number of esters is 4. The van der Waals surface area contributed by atoms with Gasteiger partial charge in [-0.3, -0.25) is 19.7 Å². The Kier molecular flexibility index (Phi) is 10.9. The first-order valence-corrected chi connectivity index (χ1v) is 15.4. The van der Waals surface area contributed by atoms with Crippen molar-refractivity contribution >= 4 is 35.6 Å². The van der Waals surface area contributed by atoms with E-state index in [4.69, 9.17) is 18.9 Å². The molecule has 2 fully saturated rings. The molecule has 1 aliphatic heterocycles. The summed E-state index contributed by atoms with van der Waals surface area (Å²) >= 11 is 1.64. The van der Waals surface area contributed by atoms with Gasteiger partial charge in [-0.05, 0) is 73.9 Å². The molecule has 3 unspecified atom stereocenters. The number of methoxy groups -OCH3 is 1. The van der Waals surface area contributed by atoms with Gasteiger partial charge in [0.2, 0.25) is 0 Å². The van der Waals surface area contributed by atoms with Crippen molar-refractivity contribution in [3.8, 4) is 0 Å². The molecule has 0 radical (unpaired) electrons. The van der Waals surface area contributed by atoms with Gasteiger partial charge in [-0.2, -0.15) is 11.8 Å². The maximum atomic E-state index is 12.8. The summed E-state index contributed by atoms with van der Waals surface area (Å²) in [5, 5.41) is 3.45. The van der Waals surface area contributed by atoms with E-state index in [0.29, 0.717) is 24.8 Å². The lowest BCUT2D eigenvalue weighted by molar-refractivity contribution is -0.192. The highest BCUT2D eigenvalue weighted by atomic mass is 32.2. The molecule has 224 valence electrons. The molecule has 10 heteroatoms. The van der Waals surface area contributed by atoms with E-state index in [9.17, 15) is 19.2 Å². The van der Waals surface area contributed by atoms with Crippen molar-refractivity contribution < 1.29 is 38.1 Å². The molecule has 3 rings (SSSR count). The predicted octanol–water partition coefficient (Wildman–Crippen LogP) is 4.00. The third-order valence-corrected chi connectivity index (χ3v) is 9.95. The predicted molar refractivity (Wildman–Crippen MR) is 152 cm³/mol. The third kappa shape index (κ3) is 6.93. The van der Waals surface area contributed by atoms with Crippen molar-refractivity contribution in [1.82, 2.24) is 5.32 Å². The molecule has 0 bridgehead atoms. The van der Waals surface area contributed by atoms with Gasteiger partial charge in [-0.1, -0.05) is 26.0 Å². The van der Waals surface area contributed by atoms with E-state index in [1.54, 1.807) is 17.8 Å². The minimum atomic E-state index is -0.593. The second kappa shape index (κ2) is 13.6. The molecule has 0 amide bonds. The fourth-order valence-electron chi connectivity index (χ4n) is 7.32. The molecular formula is C30H45NO8S. The van der Waals surface area contributed by atoms with E-state index in [0.717, 1.165) is 30.6 Å². The van der Waals surface area contributed by atoms with E-state index in [1.807, 2.05) is 6.26 Å². The number of hydrogen-bond donors (Lipinski definition) is 1. The first-order valence-electron chi connectivity index (χ1n) is 14.1. The molecule has 7 atom stereocenters. The van der Waals surface area contributed by atoms with Crippen LogP contribution in [0.3, 0.4) is 0 Å². The van der Waals surface area contributed by atoms with Crippen LogP contribution in [-0.2, 0) is 38.1 Å². The number of nitrogens with one attached hydrogen (secondary N) is 1. The lowest BCUT2D eigenvalue weighted by atomic mass is 9.46. The van der Waals surface area contributed by atoms with Crippen molar-refractivity contribution in [2.75, 3.05) is 32.3 Å². The standard InChI is InChI=1S/C30H45NO8S/c1-18-8-9-25-29(4,13-10-26(39-20(3)33)30(25,5)17-38-19(2)32)22(18)16-24(21-11-14-37-27(21)34)31-23(12-15-40-7)28(35)36-6/h11,22-26,31H,1,8-10,12-17H2,2-7H3/t22-,23?,24?,25?,26+,29+,30-/m0/s1. The summed E-state index contributed by atoms with van der Waals surface area (Å²) in [7, 11) is 1.37. The molecule has 1 N–H and O–H groups in total. The molecule has 0 aromatic rings. The van der Waals surface area contributed by atoms with Gasteiger partial charge in [0.1, 0.15) is 25.4 Å². The number of fused-ring (bicyclic) bond motifs is 1. The second-order valence-corrected chi connectivity index (χ2v) is 12.8. The van der Waals surface area contributed by atoms with Crippen LogP contribution in [0.25, 0.3) is 0 Å². The van der Waals surface area contributed by atoms with Crippen LogP contribution in [0.2, 0.25) is 0 Å². The highest BCUT2D eigenvalue weighted by Crippen LogP contribution is 2.62. The van der Waals surface area contributed by atoms with E-state index < -0.39 is 17.5 Å². The van der Waals surface area contributed by atoms with Crippen molar-refractivity contribution in [2.24, 2.45) is 22.7 Å². The zero-order chi connectivity index (χ0) is 29.7. The van der Waals surface area contributed by atoms with Crippen LogP contribution in [0.1, 0.15) is 66.2 Å². The largest absolute Gasteiger partial charge is 0.468 e. The average Bonchev–Trinajstić information content (AvgIpc) is 3.33. The van der Waals surface area contributed by atoms with Gasteiger partial charge in [0.15, 0.2) is 0 Å². The van der Waals surface area contributed by atoms with Crippen LogP contribution >= 0.6 is 11.8 Å². The Morgan fingerprint density at radius 3 is 2.52 bits per heavy atom. The molecule has 2 saturated carbocycles. The Labute approximate surface area is 242 Å². The van der Waals surface area contributed by atoms with Crippen LogP contribution in [0.5, 0.6) is 0 Å². The van der Waals surface area contributed by atoms with Crippen LogP contribution in [0, 0.1) is 22.7 Å². The zero-order valence-electron chi connectivity index (χ0n) is 24.7. The van der Waals surface area contributed by atoms with E-state index in [-0.39, 0.29) is 60.4 Å². The third-order valence-electron chi connectivity index (χ3n) is 9.31. The molecule has 2 aliphatic carbocycles. The lowest BCUT2D eigenvalue weighted by Crippen LogP contribution is -2.59. The first kappa shape index (κ1) is 32.2. The van der Waals surface area contributed by atoms with Crippen molar-refractivity contribution in [2.45, 2.75) is 84.4 Å². The number of thioether (sulfide) groups is 1. The second-order valence-electron chi connectivity index (χ2n) is 11.8. The molecule has 40 heavy (non-hydrogen) atoms. The van der Waals surface area contributed by atoms with Gasteiger partial charge >= 0.3 is 23.9 Å². The van der Waals surface area contributed by atoms with Crippen molar-refractivity contribution in [1.29, 1.82) is 0 Å². The Hall–Kier alpha value is -2.33. The highest BCUT2D eigenvalue weighted by molar-refractivity contribution is 7.98. The number of carbonyl (C=O) groups excluding carboxylic acids is 4. The Morgan fingerprint density at radius 1 is 1.23 bits per heavy atom. The number of rotatable bonds is 12. The van der Waals surface area contributed by atoms with Crippen LogP contribution in [-0.4, -0.2) is 74.4 Å². The summed E-state index contributed by atoms with van der Waals surface area (Å²) in [4.78, 5) is 49.4. The molecule has 0 aromatic carbocycles. The van der Waals surface area contributed by atoms with Crippen LogP contribution < -0.4 is 5.32 Å². The Morgan fingerprint density at radius 2 is 1.95 bits per heavy atom. The smallest absolute Gasteiger partial charge is 0.335 e. The number of allylic oxidation sites excluding steroid dienone is 1. The van der Waals surface area contributed by atoms with Gasteiger partial charge in [0.25, 0.3) is 0 Å². The average molecular weight is 580 g/mol. The number of cyclic esters (lactones) is 1. The fourth-order valence-corrected chi connectivity index (χ4v) is 7.79. The highest BCUT2D eigenvalue weighted by Gasteiger charge is 2.60. The Balaban J connectivity index is 1.98. The fraction of sp³-hybridized carbons (Fsp3) is 0.733. The van der Waals surface area contributed by atoms with Crippen molar-refractivity contribution in [3.05, 3.63) is 23.8 Å². The molecule has 3 aliphatic rings. The van der Waals surface area contributed by atoms with Gasteiger partial charge in [-0.25, -0.2) is 4.79 Å². The number of ether oxygens (including phenoxy) is 4. The molecule has 0 spiro atoms. The van der Waals surface area contributed by atoms with Crippen molar-refractivity contribution in [3.63, 3.8) is 0 Å². The molecule has 1 heterocycles. The maximum absolute atomic E-state index is 12.8. The summed E-state index contributed by atoms with van der Waals surface area (Å²) in [6.45, 7) is 11.9. The SMILES string of the molecule is C=C1CCC2[C@](C)(COC(C)=O)[C@H](OC(C)=O)CC[C@]2(C)[C@H]1CC(NC(CCSC)C(=O)OC)C1=CCOC1=O. The van der Waals surface area contributed by atoms with Gasteiger partial charge in [0.05, 0.1) is 12.7 Å². The summed E-state index contributed by atoms with van der Waals surface area (Å²) in [5.74, 6) is -0.666. The normalized spacial score (nSPS) is 31.4. The summed E-state index contributed by atoms with van der Waals surface area (Å²) < 4.78 is 21.7. The first-order chi connectivity index (χ1) is 18.9. The summed E-state index contributed by atoms with van der Waals surface area (Å²) in [6.07, 6.45) is 7.47. The van der Waals surface area contributed by atoms with Crippen LogP contribution in [0.15, 0.2) is 23.8 Å². The number of hydrogen-bond acceptors (Lipinski definition) is 10. The minimum Gasteiger partial charge on any atom is -0.468 e. The molecule has 0 saturated heterocycles. The molecule has 9 nitrogen and oxygen atoms in total. The maximum Gasteiger partial charge on any atom is 0.335 e. The van der Waals surface area contributed by atoms with E-state index in [1.165, 1.54) is 21.0 Å². The summed E-state index contributed by atoms with van der Waals surface area (Å²) in [5.41, 5.74) is 0.749. The zero-order valence-corrected chi connectivity index (χ0v) is 25.5. The van der Waals surface area contributed by atoms with Gasteiger partial charge in [0, 0.05) is 25.3 Å².